The highest BCUT2D eigenvalue weighted by atomic mass is 16.5. The van der Waals surface area contributed by atoms with E-state index in [0.29, 0.717) is 6.54 Å². The number of rotatable bonds is 3. The first-order chi connectivity index (χ1) is 7.26. The number of aryl methyl sites for hydroxylation is 1. The molecule has 0 unspecified atom stereocenters. The molecule has 0 radical (unpaired) electrons. The minimum absolute atomic E-state index is 0.623. The average molecular weight is 205 g/mol. The van der Waals surface area contributed by atoms with E-state index < -0.39 is 0 Å². The zero-order chi connectivity index (χ0) is 10.8. The van der Waals surface area contributed by atoms with Gasteiger partial charge < -0.3 is 10.5 Å². The summed E-state index contributed by atoms with van der Waals surface area (Å²) in [6.07, 6.45) is 0.809. The van der Waals surface area contributed by atoms with Gasteiger partial charge in [0.15, 0.2) is 0 Å². The summed E-state index contributed by atoms with van der Waals surface area (Å²) in [5.41, 5.74) is 7.68. The number of aromatic nitrogens is 2. The smallest absolute Gasteiger partial charge is 0.121 e. The van der Waals surface area contributed by atoms with E-state index in [2.05, 4.69) is 5.10 Å². The Morgan fingerprint density at radius 3 is 2.93 bits per heavy atom. The molecule has 0 aliphatic rings. The molecule has 2 rings (SSSR count). The van der Waals surface area contributed by atoms with Gasteiger partial charge >= 0.3 is 0 Å². The molecule has 1 aromatic carbocycles. The summed E-state index contributed by atoms with van der Waals surface area (Å²) in [7, 11) is 3.60. The number of fused-ring (bicyclic) bond motifs is 1. The molecule has 80 valence electrons. The van der Waals surface area contributed by atoms with Gasteiger partial charge in [-0.15, -0.1) is 0 Å². The maximum atomic E-state index is 5.54. The van der Waals surface area contributed by atoms with Crippen LogP contribution in [0.5, 0.6) is 5.75 Å². The standard InChI is InChI=1S/C11H15N3O/c1-14-11-7-8(15-2)3-4-9(11)10(13-14)5-6-12/h3-4,7H,5-6,12H2,1-2H3. The summed E-state index contributed by atoms with van der Waals surface area (Å²) >= 11 is 0. The second kappa shape index (κ2) is 3.90. The normalized spacial score (nSPS) is 10.9. The highest BCUT2D eigenvalue weighted by Crippen LogP contribution is 2.23. The van der Waals surface area contributed by atoms with Gasteiger partial charge in [0.1, 0.15) is 5.75 Å². The third-order valence-electron chi connectivity index (χ3n) is 2.52. The van der Waals surface area contributed by atoms with Crippen molar-refractivity contribution in [2.45, 2.75) is 6.42 Å². The molecule has 0 fully saturated rings. The van der Waals surface area contributed by atoms with Gasteiger partial charge in [-0.3, -0.25) is 4.68 Å². The predicted octanol–water partition coefficient (Wildman–Crippen LogP) is 1.08. The second-order valence-corrected chi connectivity index (χ2v) is 3.49. The first kappa shape index (κ1) is 9.98. The van der Waals surface area contributed by atoms with E-state index in [1.807, 2.05) is 29.9 Å². The van der Waals surface area contributed by atoms with E-state index in [1.54, 1.807) is 7.11 Å². The number of nitrogens with two attached hydrogens (primary N) is 1. The molecule has 0 amide bonds. The Morgan fingerprint density at radius 2 is 2.27 bits per heavy atom. The third-order valence-corrected chi connectivity index (χ3v) is 2.52. The van der Waals surface area contributed by atoms with Gasteiger partial charge in [0.05, 0.1) is 18.3 Å². The van der Waals surface area contributed by atoms with Gasteiger partial charge in [-0.2, -0.15) is 5.10 Å². The Kier molecular flexibility index (Phi) is 2.60. The summed E-state index contributed by atoms with van der Waals surface area (Å²) in [4.78, 5) is 0. The lowest BCUT2D eigenvalue weighted by Crippen LogP contribution is -2.03. The minimum Gasteiger partial charge on any atom is -0.497 e. The Balaban J connectivity index is 2.59. The largest absolute Gasteiger partial charge is 0.497 e. The van der Waals surface area contributed by atoms with E-state index in [1.165, 1.54) is 0 Å². The molecule has 1 heterocycles. The number of methoxy groups -OCH3 is 1. The van der Waals surface area contributed by atoms with Gasteiger partial charge in [0.25, 0.3) is 0 Å². The zero-order valence-electron chi connectivity index (χ0n) is 9.03. The molecule has 0 bridgehead atoms. The van der Waals surface area contributed by atoms with Gasteiger partial charge in [0.2, 0.25) is 0 Å². The summed E-state index contributed by atoms with van der Waals surface area (Å²) in [5, 5.41) is 5.59. The Hall–Kier alpha value is -1.55. The van der Waals surface area contributed by atoms with Crippen molar-refractivity contribution in [3.63, 3.8) is 0 Å². The van der Waals surface area contributed by atoms with Crippen molar-refractivity contribution in [2.75, 3.05) is 13.7 Å². The lowest BCUT2D eigenvalue weighted by atomic mass is 10.1. The Morgan fingerprint density at radius 1 is 1.47 bits per heavy atom. The zero-order valence-corrected chi connectivity index (χ0v) is 9.03. The fourth-order valence-corrected chi connectivity index (χ4v) is 1.76. The highest BCUT2D eigenvalue weighted by molar-refractivity contribution is 5.83. The van der Waals surface area contributed by atoms with Crippen LogP contribution in [0.4, 0.5) is 0 Å². The molecule has 0 atom stereocenters. The summed E-state index contributed by atoms with van der Waals surface area (Å²) < 4.78 is 7.04. The maximum absolute atomic E-state index is 5.54. The lowest BCUT2D eigenvalue weighted by Gasteiger charge is -2.00. The number of ether oxygens (including phenoxy) is 1. The SMILES string of the molecule is COc1ccc2c(CCN)nn(C)c2c1. The molecular weight excluding hydrogens is 190 g/mol. The van der Waals surface area contributed by atoms with Crippen molar-refractivity contribution in [1.82, 2.24) is 9.78 Å². The molecule has 0 saturated carbocycles. The van der Waals surface area contributed by atoms with Gasteiger partial charge in [0, 0.05) is 24.9 Å². The summed E-state index contributed by atoms with van der Waals surface area (Å²) in [5.74, 6) is 0.852. The molecule has 0 saturated heterocycles. The van der Waals surface area contributed by atoms with Gasteiger partial charge in [-0.1, -0.05) is 0 Å². The molecule has 0 aliphatic carbocycles. The van der Waals surface area contributed by atoms with E-state index in [-0.39, 0.29) is 0 Å². The number of benzene rings is 1. The van der Waals surface area contributed by atoms with E-state index in [9.17, 15) is 0 Å². The Labute approximate surface area is 88.6 Å². The van der Waals surface area contributed by atoms with Crippen molar-refractivity contribution in [3.8, 4) is 5.75 Å². The predicted molar refractivity (Wildman–Crippen MR) is 60.0 cm³/mol. The van der Waals surface area contributed by atoms with Crippen LogP contribution in [0.3, 0.4) is 0 Å². The molecule has 2 N–H and O–H groups in total. The number of hydrogen-bond donors (Lipinski definition) is 1. The van der Waals surface area contributed by atoms with Crippen molar-refractivity contribution in [1.29, 1.82) is 0 Å². The summed E-state index contributed by atoms with van der Waals surface area (Å²) in [6.45, 7) is 0.623. The van der Waals surface area contributed by atoms with Gasteiger partial charge in [-0.05, 0) is 18.7 Å². The van der Waals surface area contributed by atoms with Crippen molar-refractivity contribution in [3.05, 3.63) is 23.9 Å². The van der Waals surface area contributed by atoms with Crippen LogP contribution in [-0.4, -0.2) is 23.4 Å². The van der Waals surface area contributed by atoms with Crippen LogP contribution in [0.2, 0.25) is 0 Å². The van der Waals surface area contributed by atoms with E-state index >= 15 is 0 Å². The molecule has 1 aromatic heterocycles. The molecule has 4 nitrogen and oxygen atoms in total. The van der Waals surface area contributed by atoms with Crippen LogP contribution in [-0.2, 0) is 13.5 Å². The van der Waals surface area contributed by atoms with Crippen molar-refractivity contribution in [2.24, 2.45) is 12.8 Å². The van der Waals surface area contributed by atoms with Crippen LogP contribution in [0, 0.1) is 0 Å². The van der Waals surface area contributed by atoms with Crippen molar-refractivity contribution >= 4 is 10.9 Å². The molecular formula is C11H15N3O. The molecule has 0 aliphatic heterocycles. The highest BCUT2D eigenvalue weighted by Gasteiger charge is 2.08. The molecule has 4 heteroatoms. The minimum atomic E-state index is 0.623. The van der Waals surface area contributed by atoms with Crippen LogP contribution in [0.1, 0.15) is 5.69 Å². The fraction of sp³-hybridized carbons (Fsp3) is 0.364. The molecule has 0 spiro atoms. The topological polar surface area (TPSA) is 53.1 Å². The number of nitrogens with zero attached hydrogens (tertiary/aromatic N) is 2. The van der Waals surface area contributed by atoms with Crippen molar-refractivity contribution < 1.29 is 4.74 Å². The van der Waals surface area contributed by atoms with Crippen LogP contribution in [0.15, 0.2) is 18.2 Å². The van der Waals surface area contributed by atoms with Crippen LogP contribution < -0.4 is 10.5 Å². The fourth-order valence-electron chi connectivity index (χ4n) is 1.76. The number of hydrogen-bond acceptors (Lipinski definition) is 3. The maximum Gasteiger partial charge on any atom is 0.121 e. The van der Waals surface area contributed by atoms with Gasteiger partial charge in [-0.25, -0.2) is 0 Å². The second-order valence-electron chi connectivity index (χ2n) is 3.49. The van der Waals surface area contributed by atoms with Crippen LogP contribution in [0.25, 0.3) is 10.9 Å². The Bertz CT molecular complexity index is 476. The first-order valence-electron chi connectivity index (χ1n) is 4.96. The third kappa shape index (κ3) is 1.68. The van der Waals surface area contributed by atoms with E-state index in [4.69, 9.17) is 10.5 Å². The molecule has 15 heavy (non-hydrogen) atoms. The summed E-state index contributed by atoms with van der Waals surface area (Å²) in [6, 6.07) is 5.97. The molecule has 2 aromatic rings. The lowest BCUT2D eigenvalue weighted by molar-refractivity contribution is 0.415. The monoisotopic (exact) mass is 205 g/mol. The first-order valence-corrected chi connectivity index (χ1v) is 4.96. The average Bonchev–Trinajstić information content (AvgIpc) is 2.56. The van der Waals surface area contributed by atoms with E-state index in [0.717, 1.165) is 28.8 Å². The van der Waals surface area contributed by atoms with Crippen LogP contribution >= 0.6 is 0 Å². The quantitative estimate of drug-likeness (QED) is 0.815.